The quantitative estimate of drug-likeness (QED) is 0.567. The molecule has 1 N–H and O–H groups in total. The number of nitrogens with one attached hydrogen (secondary N) is 1. The molecule has 0 aliphatic rings. The maximum absolute atomic E-state index is 11.2. The zero-order valence-electron chi connectivity index (χ0n) is 10.1. The summed E-state index contributed by atoms with van der Waals surface area (Å²) in [6.07, 6.45) is 6.18. The van der Waals surface area contributed by atoms with E-state index < -0.39 is 5.97 Å². The van der Waals surface area contributed by atoms with Gasteiger partial charge in [-0.2, -0.15) is 0 Å². The van der Waals surface area contributed by atoms with Crippen molar-refractivity contribution in [3.8, 4) is 0 Å². The Bertz CT molecular complexity index is 204. The third-order valence-corrected chi connectivity index (χ3v) is 2.39. The average Bonchev–Trinajstić information content (AvgIpc) is 2.23. The maximum Gasteiger partial charge on any atom is 0.219 e. The Hall–Kier alpha value is -1.06. The lowest BCUT2D eigenvalue weighted by Crippen LogP contribution is -2.24. The molecular weight excluding hydrogens is 206 g/mol. The molecule has 0 spiro atoms. The van der Waals surface area contributed by atoms with Gasteiger partial charge in [-0.25, -0.2) is 0 Å². The van der Waals surface area contributed by atoms with Gasteiger partial charge in [-0.05, 0) is 25.7 Å². The Morgan fingerprint density at radius 3 is 2.31 bits per heavy atom. The van der Waals surface area contributed by atoms with Crippen molar-refractivity contribution in [2.45, 2.75) is 58.3 Å². The van der Waals surface area contributed by atoms with Crippen molar-refractivity contribution in [2.24, 2.45) is 0 Å². The summed E-state index contributed by atoms with van der Waals surface area (Å²) < 4.78 is 0. The van der Waals surface area contributed by atoms with Gasteiger partial charge in [0.2, 0.25) is 5.91 Å². The van der Waals surface area contributed by atoms with Crippen LogP contribution in [-0.2, 0) is 9.59 Å². The summed E-state index contributed by atoms with van der Waals surface area (Å²) in [7, 11) is 0. The van der Waals surface area contributed by atoms with E-state index in [2.05, 4.69) is 12.2 Å². The molecule has 0 aliphatic heterocycles. The van der Waals surface area contributed by atoms with Crippen LogP contribution in [-0.4, -0.2) is 18.4 Å². The summed E-state index contributed by atoms with van der Waals surface area (Å²) in [5.41, 5.74) is 0. The first kappa shape index (κ1) is 14.9. The molecule has 0 aliphatic carbocycles. The van der Waals surface area contributed by atoms with Gasteiger partial charge in [0.15, 0.2) is 0 Å². The molecule has 0 aromatic heterocycles. The van der Waals surface area contributed by atoms with Crippen LogP contribution in [0.3, 0.4) is 0 Å². The van der Waals surface area contributed by atoms with Crippen molar-refractivity contribution >= 4 is 11.9 Å². The molecule has 94 valence electrons. The SMILES string of the molecule is CCCCCC(=O)NCCCCCC(=O)[O-]. The molecule has 0 unspecified atom stereocenters. The van der Waals surface area contributed by atoms with Crippen LogP contribution in [0.2, 0.25) is 0 Å². The van der Waals surface area contributed by atoms with Gasteiger partial charge in [-0.15, -0.1) is 0 Å². The highest BCUT2D eigenvalue weighted by Gasteiger charge is 1.99. The summed E-state index contributed by atoms with van der Waals surface area (Å²) in [4.78, 5) is 21.3. The maximum atomic E-state index is 11.2. The van der Waals surface area contributed by atoms with E-state index in [9.17, 15) is 14.7 Å². The topological polar surface area (TPSA) is 69.2 Å². The summed E-state index contributed by atoms with van der Waals surface area (Å²) >= 11 is 0. The Morgan fingerprint density at radius 2 is 1.69 bits per heavy atom. The molecular formula is C12H22NO3-. The number of rotatable bonds is 10. The second-order valence-corrected chi connectivity index (χ2v) is 3.99. The van der Waals surface area contributed by atoms with E-state index in [1.807, 2.05) is 0 Å². The van der Waals surface area contributed by atoms with Gasteiger partial charge in [0, 0.05) is 18.9 Å². The summed E-state index contributed by atoms with van der Waals surface area (Å²) in [5.74, 6) is -0.892. The number of carboxylic acids is 1. The van der Waals surface area contributed by atoms with Crippen LogP contribution in [0, 0.1) is 0 Å². The smallest absolute Gasteiger partial charge is 0.219 e. The van der Waals surface area contributed by atoms with E-state index in [0.717, 1.165) is 32.1 Å². The highest BCUT2D eigenvalue weighted by atomic mass is 16.4. The van der Waals surface area contributed by atoms with Crippen LogP contribution in [0.1, 0.15) is 58.3 Å². The minimum absolute atomic E-state index is 0.105. The molecule has 4 heteroatoms. The highest BCUT2D eigenvalue weighted by Crippen LogP contribution is 2.00. The van der Waals surface area contributed by atoms with Crippen LogP contribution in [0.4, 0.5) is 0 Å². The fourth-order valence-corrected chi connectivity index (χ4v) is 1.42. The van der Waals surface area contributed by atoms with Crippen molar-refractivity contribution in [2.75, 3.05) is 6.54 Å². The van der Waals surface area contributed by atoms with Gasteiger partial charge >= 0.3 is 0 Å². The summed E-state index contributed by atoms with van der Waals surface area (Å²) in [5, 5.41) is 12.9. The van der Waals surface area contributed by atoms with E-state index in [1.165, 1.54) is 0 Å². The second kappa shape index (κ2) is 10.5. The van der Waals surface area contributed by atoms with Crippen LogP contribution in [0.25, 0.3) is 0 Å². The molecule has 0 rings (SSSR count). The lowest BCUT2D eigenvalue weighted by molar-refractivity contribution is -0.305. The fourth-order valence-electron chi connectivity index (χ4n) is 1.42. The normalized spacial score (nSPS) is 10.1. The van der Waals surface area contributed by atoms with E-state index in [4.69, 9.17) is 0 Å². The van der Waals surface area contributed by atoms with Crippen LogP contribution < -0.4 is 10.4 Å². The van der Waals surface area contributed by atoms with Crippen LogP contribution in [0.15, 0.2) is 0 Å². The van der Waals surface area contributed by atoms with Gasteiger partial charge in [0.25, 0.3) is 0 Å². The molecule has 0 saturated heterocycles. The van der Waals surface area contributed by atoms with Crippen molar-refractivity contribution in [3.63, 3.8) is 0 Å². The van der Waals surface area contributed by atoms with Gasteiger partial charge < -0.3 is 15.2 Å². The number of carbonyl (C=O) groups excluding carboxylic acids is 2. The fraction of sp³-hybridized carbons (Fsp3) is 0.833. The summed E-state index contributed by atoms with van der Waals surface area (Å²) in [6, 6.07) is 0. The molecule has 0 atom stereocenters. The van der Waals surface area contributed by atoms with Crippen molar-refractivity contribution in [3.05, 3.63) is 0 Å². The minimum atomic E-state index is -0.997. The first-order valence-corrected chi connectivity index (χ1v) is 6.13. The highest BCUT2D eigenvalue weighted by molar-refractivity contribution is 5.75. The molecule has 0 fully saturated rings. The molecule has 4 nitrogen and oxygen atoms in total. The van der Waals surface area contributed by atoms with E-state index in [-0.39, 0.29) is 12.3 Å². The van der Waals surface area contributed by atoms with Crippen molar-refractivity contribution < 1.29 is 14.7 Å². The third kappa shape index (κ3) is 11.0. The Balaban J connectivity index is 3.18. The average molecular weight is 228 g/mol. The predicted molar refractivity (Wildman–Crippen MR) is 60.6 cm³/mol. The van der Waals surface area contributed by atoms with E-state index in [1.54, 1.807) is 0 Å². The second-order valence-electron chi connectivity index (χ2n) is 3.99. The molecule has 0 radical (unpaired) electrons. The molecule has 0 aromatic rings. The number of hydrogen-bond donors (Lipinski definition) is 1. The zero-order valence-corrected chi connectivity index (χ0v) is 10.1. The molecule has 0 aromatic carbocycles. The van der Waals surface area contributed by atoms with Crippen molar-refractivity contribution in [1.82, 2.24) is 5.32 Å². The van der Waals surface area contributed by atoms with Crippen LogP contribution >= 0.6 is 0 Å². The Morgan fingerprint density at radius 1 is 1.00 bits per heavy atom. The Labute approximate surface area is 97.4 Å². The van der Waals surface area contributed by atoms with E-state index in [0.29, 0.717) is 19.4 Å². The van der Waals surface area contributed by atoms with Gasteiger partial charge in [-0.1, -0.05) is 26.2 Å². The Kier molecular flexibility index (Phi) is 9.76. The lowest BCUT2D eigenvalue weighted by Gasteiger charge is -2.05. The van der Waals surface area contributed by atoms with Gasteiger partial charge in [0.1, 0.15) is 0 Å². The summed E-state index contributed by atoms with van der Waals surface area (Å²) in [6.45, 7) is 2.76. The molecule has 1 amide bonds. The molecule has 0 saturated carbocycles. The molecule has 16 heavy (non-hydrogen) atoms. The standard InChI is InChI=1S/C12H23NO3/c1-2-3-5-8-11(14)13-10-7-4-6-9-12(15)16/h2-10H2,1H3,(H,13,14)(H,15,16)/p-1. The number of aliphatic carboxylic acids is 1. The number of carboxylic acid groups (broad SMARTS) is 1. The zero-order chi connectivity index (χ0) is 12.2. The first-order valence-electron chi connectivity index (χ1n) is 6.13. The molecule has 0 bridgehead atoms. The molecule has 0 heterocycles. The van der Waals surface area contributed by atoms with Gasteiger partial charge in [-0.3, -0.25) is 4.79 Å². The lowest BCUT2D eigenvalue weighted by atomic mass is 10.2. The van der Waals surface area contributed by atoms with E-state index >= 15 is 0 Å². The minimum Gasteiger partial charge on any atom is -0.550 e. The van der Waals surface area contributed by atoms with Crippen LogP contribution in [0.5, 0.6) is 0 Å². The number of unbranched alkanes of at least 4 members (excludes halogenated alkanes) is 4. The number of amides is 1. The number of carbonyl (C=O) groups is 2. The number of hydrogen-bond acceptors (Lipinski definition) is 3. The monoisotopic (exact) mass is 228 g/mol. The third-order valence-electron chi connectivity index (χ3n) is 2.39. The van der Waals surface area contributed by atoms with Crippen molar-refractivity contribution in [1.29, 1.82) is 0 Å². The van der Waals surface area contributed by atoms with Gasteiger partial charge in [0.05, 0.1) is 0 Å². The largest absolute Gasteiger partial charge is 0.550 e. The predicted octanol–water partition coefficient (Wildman–Crippen LogP) is 0.993. The first-order chi connectivity index (χ1) is 7.66.